The molecule has 1 aromatic rings. The van der Waals surface area contributed by atoms with Crippen LogP contribution in [-0.2, 0) is 0 Å². The molecule has 1 saturated carbocycles. The number of thiophene rings is 1. The minimum Gasteiger partial charge on any atom is -0.396 e. The first-order chi connectivity index (χ1) is 10.6. The average molecular weight is 324 g/mol. The highest BCUT2D eigenvalue weighted by Gasteiger charge is 2.23. The number of hydrogen-bond acceptors (Lipinski definition) is 3. The van der Waals surface area contributed by atoms with Crippen LogP contribution in [0.25, 0.3) is 0 Å². The number of carbonyl (C=O) groups excluding carboxylic acids is 1. The van der Waals surface area contributed by atoms with Gasteiger partial charge in [0.2, 0.25) is 0 Å². The summed E-state index contributed by atoms with van der Waals surface area (Å²) in [6, 6.07) is 4.39. The maximum Gasteiger partial charge on any atom is 0.315 e. The number of rotatable bonds is 6. The summed E-state index contributed by atoms with van der Waals surface area (Å²) >= 11 is 1.69. The van der Waals surface area contributed by atoms with Gasteiger partial charge in [-0.2, -0.15) is 0 Å². The van der Waals surface area contributed by atoms with E-state index in [2.05, 4.69) is 35.9 Å². The molecule has 0 saturated heterocycles. The van der Waals surface area contributed by atoms with Crippen molar-refractivity contribution in [1.29, 1.82) is 0 Å². The molecule has 4 nitrogen and oxygen atoms in total. The Morgan fingerprint density at radius 2 is 2.09 bits per heavy atom. The Balaban J connectivity index is 1.83. The lowest BCUT2D eigenvalue weighted by atomic mass is 9.87. The quantitative estimate of drug-likeness (QED) is 0.747. The Hall–Kier alpha value is -1.07. The molecule has 1 aromatic heterocycles. The van der Waals surface area contributed by atoms with Gasteiger partial charge in [0.25, 0.3) is 0 Å². The molecule has 22 heavy (non-hydrogen) atoms. The summed E-state index contributed by atoms with van der Waals surface area (Å²) in [6.07, 6.45) is 4.88. The molecule has 2 rings (SSSR count). The van der Waals surface area contributed by atoms with Crippen molar-refractivity contribution >= 4 is 17.4 Å². The van der Waals surface area contributed by atoms with Crippen molar-refractivity contribution in [1.82, 2.24) is 10.6 Å². The summed E-state index contributed by atoms with van der Waals surface area (Å²) in [4.78, 5) is 13.5. The third-order valence-electron chi connectivity index (χ3n) is 4.34. The van der Waals surface area contributed by atoms with E-state index in [1.165, 1.54) is 4.88 Å². The van der Waals surface area contributed by atoms with Crippen molar-refractivity contribution in [3.05, 3.63) is 22.4 Å². The SMILES string of the molecule is CC(C)CC(NC(=O)NC1CCC(CO)CC1)c1cccs1. The van der Waals surface area contributed by atoms with Crippen molar-refractivity contribution in [3.63, 3.8) is 0 Å². The van der Waals surface area contributed by atoms with Gasteiger partial charge in [0.05, 0.1) is 6.04 Å². The molecule has 124 valence electrons. The fourth-order valence-corrected chi connectivity index (χ4v) is 3.87. The second-order valence-corrected chi connectivity index (χ2v) is 7.69. The van der Waals surface area contributed by atoms with E-state index in [4.69, 9.17) is 5.11 Å². The second-order valence-electron chi connectivity index (χ2n) is 6.72. The smallest absolute Gasteiger partial charge is 0.315 e. The number of urea groups is 1. The van der Waals surface area contributed by atoms with Crippen LogP contribution < -0.4 is 10.6 Å². The van der Waals surface area contributed by atoms with Crippen molar-refractivity contribution in [2.24, 2.45) is 11.8 Å². The van der Waals surface area contributed by atoms with E-state index in [0.29, 0.717) is 11.8 Å². The third-order valence-corrected chi connectivity index (χ3v) is 5.33. The number of nitrogens with one attached hydrogen (secondary N) is 2. The lowest BCUT2D eigenvalue weighted by Gasteiger charge is -2.29. The first-order valence-corrected chi connectivity index (χ1v) is 9.17. The van der Waals surface area contributed by atoms with Gasteiger partial charge in [0.15, 0.2) is 0 Å². The summed E-state index contributed by atoms with van der Waals surface area (Å²) in [5.41, 5.74) is 0. The summed E-state index contributed by atoms with van der Waals surface area (Å²) < 4.78 is 0. The highest BCUT2D eigenvalue weighted by molar-refractivity contribution is 7.10. The summed E-state index contributed by atoms with van der Waals surface area (Å²) in [7, 11) is 0. The van der Waals surface area contributed by atoms with Gasteiger partial charge in [-0.25, -0.2) is 4.79 Å². The van der Waals surface area contributed by atoms with Gasteiger partial charge in [-0.1, -0.05) is 19.9 Å². The largest absolute Gasteiger partial charge is 0.396 e. The molecule has 3 N–H and O–H groups in total. The molecule has 1 fully saturated rings. The average Bonchev–Trinajstić information content (AvgIpc) is 3.01. The van der Waals surface area contributed by atoms with Gasteiger partial charge in [-0.3, -0.25) is 0 Å². The topological polar surface area (TPSA) is 61.4 Å². The molecule has 0 radical (unpaired) electrons. The molecule has 1 unspecified atom stereocenters. The third kappa shape index (κ3) is 5.29. The van der Waals surface area contributed by atoms with E-state index in [-0.39, 0.29) is 24.7 Å². The zero-order chi connectivity index (χ0) is 15.9. The van der Waals surface area contributed by atoms with Crippen LogP contribution in [0, 0.1) is 11.8 Å². The molecule has 2 amide bonds. The van der Waals surface area contributed by atoms with Gasteiger partial charge in [-0.05, 0) is 55.4 Å². The first kappa shape index (κ1) is 17.3. The molecule has 0 spiro atoms. The van der Waals surface area contributed by atoms with Gasteiger partial charge < -0.3 is 15.7 Å². The van der Waals surface area contributed by atoms with Crippen LogP contribution >= 0.6 is 11.3 Å². The van der Waals surface area contributed by atoms with Crippen LogP contribution in [0.5, 0.6) is 0 Å². The van der Waals surface area contributed by atoms with Crippen molar-refractivity contribution in [2.75, 3.05) is 6.61 Å². The van der Waals surface area contributed by atoms with E-state index in [1.54, 1.807) is 11.3 Å². The first-order valence-electron chi connectivity index (χ1n) is 8.29. The van der Waals surface area contributed by atoms with Crippen LogP contribution in [0.15, 0.2) is 17.5 Å². The van der Waals surface area contributed by atoms with Crippen molar-refractivity contribution < 1.29 is 9.90 Å². The monoisotopic (exact) mass is 324 g/mol. The minimum absolute atomic E-state index is 0.0634. The fraction of sp³-hybridized carbons (Fsp3) is 0.706. The molecule has 0 aliphatic heterocycles. The molecule has 5 heteroatoms. The van der Waals surface area contributed by atoms with Gasteiger partial charge in [-0.15, -0.1) is 11.3 Å². The number of hydrogen-bond donors (Lipinski definition) is 3. The maximum absolute atomic E-state index is 12.3. The van der Waals surface area contributed by atoms with Crippen LogP contribution in [0.4, 0.5) is 4.79 Å². The molecular weight excluding hydrogens is 296 g/mol. The molecular formula is C17H28N2O2S. The number of aliphatic hydroxyl groups is 1. The van der Waals surface area contributed by atoms with E-state index in [9.17, 15) is 4.79 Å². The van der Waals surface area contributed by atoms with Crippen LogP contribution in [0.1, 0.15) is 56.9 Å². The highest BCUT2D eigenvalue weighted by atomic mass is 32.1. The second kappa shape index (κ2) is 8.53. The predicted octanol–water partition coefficient (Wildman–Crippen LogP) is 3.69. The lowest BCUT2D eigenvalue weighted by molar-refractivity contribution is 0.174. The van der Waals surface area contributed by atoms with Crippen molar-refractivity contribution in [3.8, 4) is 0 Å². The molecule has 0 aromatic carbocycles. The van der Waals surface area contributed by atoms with Crippen molar-refractivity contribution in [2.45, 2.75) is 58.0 Å². The van der Waals surface area contributed by atoms with Gasteiger partial charge >= 0.3 is 6.03 Å². The Bertz CT molecular complexity index is 440. The van der Waals surface area contributed by atoms with Gasteiger partial charge in [0, 0.05) is 17.5 Å². The Morgan fingerprint density at radius 3 is 2.64 bits per heavy atom. The Labute approximate surface area is 137 Å². The summed E-state index contributed by atoms with van der Waals surface area (Å²) in [5, 5.41) is 17.5. The number of carbonyl (C=O) groups is 1. The number of aliphatic hydroxyl groups excluding tert-OH is 1. The number of amides is 2. The van der Waals surface area contributed by atoms with E-state index >= 15 is 0 Å². The molecule has 1 aliphatic rings. The molecule has 1 atom stereocenters. The molecule has 0 bridgehead atoms. The molecule has 1 heterocycles. The van der Waals surface area contributed by atoms with Crippen LogP contribution in [0.3, 0.4) is 0 Å². The normalized spacial score (nSPS) is 23.3. The predicted molar refractivity (Wildman–Crippen MR) is 91.0 cm³/mol. The Morgan fingerprint density at radius 1 is 1.36 bits per heavy atom. The summed E-state index contributed by atoms with van der Waals surface area (Å²) in [6.45, 7) is 4.63. The highest BCUT2D eigenvalue weighted by Crippen LogP contribution is 2.26. The van der Waals surface area contributed by atoms with E-state index < -0.39 is 0 Å². The fourth-order valence-electron chi connectivity index (χ4n) is 3.08. The maximum atomic E-state index is 12.3. The Kier molecular flexibility index (Phi) is 6.70. The zero-order valence-electron chi connectivity index (χ0n) is 13.5. The van der Waals surface area contributed by atoms with E-state index in [1.807, 2.05) is 6.07 Å². The van der Waals surface area contributed by atoms with E-state index in [0.717, 1.165) is 32.1 Å². The molecule has 1 aliphatic carbocycles. The van der Waals surface area contributed by atoms with Crippen LogP contribution in [0.2, 0.25) is 0 Å². The van der Waals surface area contributed by atoms with Gasteiger partial charge in [0.1, 0.15) is 0 Å². The van der Waals surface area contributed by atoms with Crippen LogP contribution in [-0.4, -0.2) is 23.8 Å². The minimum atomic E-state index is -0.0634. The zero-order valence-corrected chi connectivity index (χ0v) is 14.4. The summed E-state index contributed by atoms with van der Waals surface area (Å²) in [5.74, 6) is 0.952. The standard InChI is InChI=1S/C17H28N2O2S/c1-12(2)10-15(16-4-3-9-22-16)19-17(21)18-14-7-5-13(11-20)6-8-14/h3-4,9,12-15,20H,5-8,10-11H2,1-2H3,(H2,18,19,21). The lowest BCUT2D eigenvalue weighted by Crippen LogP contribution is -2.45.